The van der Waals surface area contributed by atoms with Crippen molar-refractivity contribution in [1.29, 1.82) is 0 Å². The lowest BCUT2D eigenvalue weighted by Crippen LogP contribution is -2.52. The number of rotatable bonds is 2. The monoisotopic (exact) mass is 263 g/mol. The lowest BCUT2D eigenvalue weighted by Gasteiger charge is -2.38. The molecule has 102 valence electrons. The summed E-state index contributed by atoms with van der Waals surface area (Å²) in [6.07, 6.45) is 0. The SMILES string of the molecule is CC1COCC(C)N1C(=O)c1cccc(C(=O)O)c1. The summed E-state index contributed by atoms with van der Waals surface area (Å²) in [5.41, 5.74) is 0.528. The van der Waals surface area contributed by atoms with Gasteiger partial charge in [-0.3, -0.25) is 4.79 Å². The van der Waals surface area contributed by atoms with Crippen LogP contribution in [0.5, 0.6) is 0 Å². The number of carboxylic acids is 1. The van der Waals surface area contributed by atoms with Crippen LogP contribution in [0.3, 0.4) is 0 Å². The number of ether oxygens (including phenoxy) is 1. The molecule has 0 radical (unpaired) electrons. The van der Waals surface area contributed by atoms with Gasteiger partial charge in [0.25, 0.3) is 5.91 Å². The minimum atomic E-state index is -1.03. The maximum absolute atomic E-state index is 12.5. The number of aromatic carboxylic acids is 1. The van der Waals surface area contributed by atoms with E-state index in [9.17, 15) is 9.59 Å². The van der Waals surface area contributed by atoms with Gasteiger partial charge in [-0.25, -0.2) is 4.79 Å². The Kier molecular flexibility index (Phi) is 3.85. The van der Waals surface area contributed by atoms with Gasteiger partial charge in [0.2, 0.25) is 0 Å². The van der Waals surface area contributed by atoms with E-state index >= 15 is 0 Å². The maximum atomic E-state index is 12.5. The third kappa shape index (κ3) is 2.76. The number of hydrogen-bond acceptors (Lipinski definition) is 3. The second-order valence-corrected chi connectivity index (χ2v) is 4.83. The van der Waals surface area contributed by atoms with E-state index in [2.05, 4.69) is 0 Å². The average molecular weight is 263 g/mol. The van der Waals surface area contributed by atoms with Crippen molar-refractivity contribution >= 4 is 11.9 Å². The topological polar surface area (TPSA) is 66.8 Å². The lowest BCUT2D eigenvalue weighted by molar-refractivity contribution is -0.0249. The first-order valence-corrected chi connectivity index (χ1v) is 6.24. The number of nitrogens with zero attached hydrogens (tertiary/aromatic N) is 1. The molecule has 0 aliphatic carbocycles. The molecule has 1 aromatic rings. The predicted octanol–water partition coefficient (Wildman–Crippen LogP) is 1.63. The first-order valence-electron chi connectivity index (χ1n) is 6.24. The van der Waals surface area contributed by atoms with E-state index in [0.717, 1.165) is 0 Å². The number of carboxylic acid groups (broad SMARTS) is 1. The second kappa shape index (κ2) is 5.40. The number of hydrogen-bond donors (Lipinski definition) is 1. The molecular formula is C14H17NO4. The van der Waals surface area contributed by atoms with E-state index in [0.29, 0.717) is 18.8 Å². The van der Waals surface area contributed by atoms with Gasteiger partial charge < -0.3 is 14.7 Å². The fourth-order valence-corrected chi connectivity index (χ4v) is 2.34. The van der Waals surface area contributed by atoms with Crippen molar-refractivity contribution in [3.05, 3.63) is 35.4 Å². The molecule has 2 atom stereocenters. The summed E-state index contributed by atoms with van der Waals surface area (Å²) >= 11 is 0. The number of amides is 1. The minimum absolute atomic E-state index is 0.00951. The molecule has 1 aliphatic rings. The van der Waals surface area contributed by atoms with Crippen molar-refractivity contribution in [2.45, 2.75) is 25.9 Å². The van der Waals surface area contributed by atoms with Crippen molar-refractivity contribution in [3.63, 3.8) is 0 Å². The van der Waals surface area contributed by atoms with Crippen LogP contribution in [0.4, 0.5) is 0 Å². The average Bonchev–Trinajstić information content (AvgIpc) is 2.38. The molecule has 1 fully saturated rings. The van der Waals surface area contributed by atoms with Crippen molar-refractivity contribution in [2.24, 2.45) is 0 Å². The summed E-state index contributed by atoms with van der Waals surface area (Å²) in [5, 5.41) is 8.96. The zero-order chi connectivity index (χ0) is 14.0. The highest BCUT2D eigenvalue weighted by atomic mass is 16.5. The lowest BCUT2D eigenvalue weighted by atomic mass is 10.1. The molecule has 1 heterocycles. The van der Waals surface area contributed by atoms with E-state index < -0.39 is 5.97 Å². The fourth-order valence-electron chi connectivity index (χ4n) is 2.34. The molecule has 5 heteroatoms. The van der Waals surface area contributed by atoms with Crippen molar-refractivity contribution in [2.75, 3.05) is 13.2 Å². The quantitative estimate of drug-likeness (QED) is 0.880. The molecule has 1 N–H and O–H groups in total. The molecule has 2 unspecified atom stereocenters. The summed E-state index contributed by atoms with van der Waals surface area (Å²) in [6.45, 7) is 4.87. The minimum Gasteiger partial charge on any atom is -0.478 e. The normalized spacial score (nSPS) is 23.2. The molecule has 1 amide bonds. The highest BCUT2D eigenvalue weighted by Crippen LogP contribution is 2.18. The Balaban J connectivity index is 2.27. The molecular weight excluding hydrogens is 246 g/mol. The van der Waals surface area contributed by atoms with Crippen LogP contribution in [-0.4, -0.2) is 47.2 Å². The Bertz CT molecular complexity index is 490. The highest BCUT2D eigenvalue weighted by Gasteiger charge is 2.30. The molecule has 2 rings (SSSR count). The van der Waals surface area contributed by atoms with Gasteiger partial charge >= 0.3 is 5.97 Å². The van der Waals surface area contributed by atoms with Gasteiger partial charge in [-0.05, 0) is 32.0 Å². The molecule has 1 saturated heterocycles. The summed E-state index contributed by atoms with van der Waals surface area (Å²) in [6, 6.07) is 6.11. The van der Waals surface area contributed by atoms with Crippen LogP contribution in [0.2, 0.25) is 0 Å². The van der Waals surface area contributed by atoms with Crippen molar-refractivity contribution < 1.29 is 19.4 Å². The zero-order valence-electron chi connectivity index (χ0n) is 11.0. The summed E-state index contributed by atoms with van der Waals surface area (Å²) in [7, 11) is 0. The van der Waals surface area contributed by atoms with Gasteiger partial charge in [0, 0.05) is 5.56 Å². The third-order valence-electron chi connectivity index (χ3n) is 3.26. The van der Waals surface area contributed by atoms with Gasteiger partial charge in [0.1, 0.15) is 0 Å². The summed E-state index contributed by atoms with van der Waals surface area (Å²) in [4.78, 5) is 25.2. The van der Waals surface area contributed by atoms with Gasteiger partial charge in [-0.1, -0.05) is 6.07 Å². The first kappa shape index (κ1) is 13.5. The van der Waals surface area contributed by atoms with Gasteiger partial charge in [-0.2, -0.15) is 0 Å². The van der Waals surface area contributed by atoms with Crippen LogP contribution in [0, 0.1) is 0 Å². The number of benzene rings is 1. The van der Waals surface area contributed by atoms with Crippen LogP contribution in [-0.2, 0) is 4.74 Å². The second-order valence-electron chi connectivity index (χ2n) is 4.83. The molecule has 5 nitrogen and oxygen atoms in total. The highest BCUT2D eigenvalue weighted by molar-refractivity contribution is 5.97. The first-order chi connectivity index (χ1) is 9.00. The van der Waals surface area contributed by atoms with Gasteiger partial charge in [0.15, 0.2) is 0 Å². The number of morpholine rings is 1. The Morgan fingerprint density at radius 1 is 1.21 bits per heavy atom. The van der Waals surface area contributed by atoms with Crippen molar-refractivity contribution in [3.8, 4) is 0 Å². The summed E-state index contributed by atoms with van der Waals surface area (Å²) < 4.78 is 5.38. The van der Waals surface area contributed by atoms with E-state index in [1.165, 1.54) is 12.1 Å². The smallest absolute Gasteiger partial charge is 0.335 e. The molecule has 19 heavy (non-hydrogen) atoms. The van der Waals surface area contributed by atoms with Crippen LogP contribution in [0.15, 0.2) is 24.3 Å². The van der Waals surface area contributed by atoms with Crippen LogP contribution < -0.4 is 0 Å². The predicted molar refractivity (Wildman–Crippen MR) is 69.3 cm³/mol. The molecule has 1 aliphatic heterocycles. The fraction of sp³-hybridized carbons (Fsp3) is 0.429. The van der Waals surface area contributed by atoms with Crippen LogP contribution >= 0.6 is 0 Å². The van der Waals surface area contributed by atoms with Crippen molar-refractivity contribution in [1.82, 2.24) is 4.90 Å². The molecule has 0 bridgehead atoms. The zero-order valence-corrected chi connectivity index (χ0v) is 11.0. The van der Waals surface area contributed by atoms with Gasteiger partial charge in [-0.15, -0.1) is 0 Å². The van der Waals surface area contributed by atoms with Crippen LogP contribution in [0.25, 0.3) is 0 Å². The van der Waals surface area contributed by atoms with E-state index in [1.54, 1.807) is 17.0 Å². The van der Waals surface area contributed by atoms with E-state index in [1.807, 2.05) is 13.8 Å². The summed E-state index contributed by atoms with van der Waals surface area (Å²) in [5.74, 6) is -1.18. The molecule has 0 saturated carbocycles. The Labute approximate surface area is 111 Å². The Hall–Kier alpha value is -1.88. The Morgan fingerprint density at radius 3 is 2.37 bits per heavy atom. The standard InChI is InChI=1S/C14H17NO4/c1-9-7-19-8-10(2)15(9)13(16)11-4-3-5-12(6-11)14(17)18/h3-6,9-10H,7-8H2,1-2H3,(H,17,18). The van der Waals surface area contributed by atoms with Gasteiger partial charge in [0.05, 0.1) is 30.9 Å². The largest absolute Gasteiger partial charge is 0.478 e. The number of carbonyl (C=O) groups is 2. The molecule has 1 aromatic carbocycles. The Morgan fingerprint density at radius 2 is 1.79 bits per heavy atom. The van der Waals surface area contributed by atoms with E-state index in [4.69, 9.17) is 9.84 Å². The van der Waals surface area contributed by atoms with Crippen LogP contribution in [0.1, 0.15) is 34.6 Å². The molecule has 0 spiro atoms. The number of carbonyl (C=O) groups excluding carboxylic acids is 1. The third-order valence-corrected chi connectivity index (χ3v) is 3.26. The maximum Gasteiger partial charge on any atom is 0.335 e. The molecule has 0 aromatic heterocycles. The van der Waals surface area contributed by atoms with E-state index in [-0.39, 0.29) is 23.6 Å².